The topological polar surface area (TPSA) is 32.3 Å². The molecule has 2 fully saturated rings. The minimum Gasteiger partial charge on any atom is -0.339 e. The van der Waals surface area contributed by atoms with E-state index >= 15 is 0 Å². The van der Waals surface area contributed by atoms with E-state index in [1.807, 2.05) is 16.7 Å². The molecular weight excluding hydrogens is 244 g/mol. The van der Waals surface area contributed by atoms with Gasteiger partial charge >= 0.3 is 0 Å². The number of rotatable bonds is 3. The highest BCUT2D eigenvalue weighted by atomic mass is 32.2. The highest BCUT2D eigenvalue weighted by molar-refractivity contribution is 8.01. The van der Waals surface area contributed by atoms with Crippen LogP contribution in [0.5, 0.6) is 0 Å². The van der Waals surface area contributed by atoms with Crippen LogP contribution in [0.25, 0.3) is 0 Å². The van der Waals surface area contributed by atoms with Crippen molar-refractivity contribution in [3.63, 3.8) is 0 Å². The quantitative estimate of drug-likeness (QED) is 0.852. The molecule has 1 N–H and O–H groups in total. The second-order valence-electron chi connectivity index (χ2n) is 5.75. The number of thioether (sulfide) groups is 1. The van der Waals surface area contributed by atoms with Crippen molar-refractivity contribution in [2.24, 2.45) is 5.92 Å². The fraction of sp³-hybridized carbons (Fsp3) is 0.929. The average molecular weight is 270 g/mol. The van der Waals surface area contributed by atoms with E-state index in [9.17, 15) is 4.79 Å². The van der Waals surface area contributed by atoms with Crippen molar-refractivity contribution >= 4 is 17.7 Å². The van der Waals surface area contributed by atoms with Gasteiger partial charge in [0.05, 0.1) is 5.25 Å². The van der Waals surface area contributed by atoms with Gasteiger partial charge in [0.25, 0.3) is 0 Å². The molecule has 18 heavy (non-hydrogen) atoms. The number of carbonyl (C=O) groups excluding carboxylic acids is 1. The summed E-state index contributed by atoms with van der Waals surface area (Å²) in [6.45, 7) is 8.09. The van der Waals surface area contributed by atoms with Crippen molar-refractivity contribution in [1.82, 2.24) is 10.2 Å². The van der Waals surface area contributed by atoms with Crippen LogP contribution in [-0.2, 0) is 4.79 Å². The average Bonchev–Trinajstić information content (AvgIpc) is 2.39. The summed E-state index contributed by atoms with van der Waals surface area (Å²) in [5, 5.41) is 4.14. The van der Waals surface area contributed by atoms with Crippen molar-refractivity contribution in [3.05, 3.63) is 0 Å². The van der Waals surface area contributed by atoms with Crippen LogP contribution < -0.4 is 5.32 Å². The van der Waals surface area contributed by atoms with E-state index in [0.29, 0.717) is 11.2 Å². The Balaban J connectivity index is 1.79. The van der Waals surface area contributed by atoms with Crippen LogP contribution in [0.3, 0.4) is 0 Å². The number of hydrogen-bond acceptors (Lipinski definition) is 3. The smallest absolute Gasteiger partial charge is 0.235 e. The first-order chi connectivity index (χ1) is 8.66. The number of carbonyl (C=O) groups is 1. The van der Waals surface area contributed by atoms with Gasteiger partial charge < -0.3 is 10.2 Å². The molecule has 1 heterocycles. The molecule has 0 aromatic heterocycles. The van der Waals surface area contributed by atoms with Crippen LogP contribution in [0.2, 0.25) is 0 Å². The number of piperazine rings is 1. The summed E-state index contributed by atoms with van der Waals surface area (Å²) in [6.07, 6.45) is 5.31. The van der Waals surface area contributed by atoms with Gasteiger partial charge in [-0.3, -0.25) is 4.79 Å². The summed E-state index contributed by atoms with van der Waals surface area (Å²) >= 11 is 1.91. The third-order valence-corrected chi connectivity index (χ3v) is 5.48. The zero-order valence-corrected chi connectivity index (χ0v) is 12.5. The van der Waals surface area contributed by atoms with Crippen LogP contribution in [0.15, 0.2) is 0 Å². The minimum atomic E-state index is 0.137. The maximum Gasteiger partial charge on any atom is 0.235 e. The van der Waals surface area contributed by atoms with Gasteiger partial charge in [0.1, 0.15) is 0 Å². The van der Waals surface area contributed by atoms with Crippen LogP contribution in [0.4, 0.5) is 0 Å². The van der Waals surface area contributed by atoms with Crippen molar-refractivity contribution in [1.29, 1.82) is 0 Å². The molecule has 2 aliphatic rings. The Labute approximate surface area is 115 Å². The predicted octanol–water partition coefficient (Wildman–Crippen LogP) is 2.12. The molecule has 0 spiro atoms. The summed E-state index contributed by atoms with van der Waals surface area (Å²) in [6, 6.07) is 0. The third-order valence-electron chi connectivity index (χ3n) is 4.06. The highest BCUT2D eigenvalue weighted by Crippen LogP contribution is 2.34. The van der Waals surface area contributed by atoms with Gasteiger partial charge in [-0.1, -0.05) is 19.8 Å². The Hall–Kier alpha value is -0.220. The standard InChI is InChI=1S/C14H26N2OS/c1-11-4-3-5-13(10-11)18-12(2)14(17)16-8-6-15-7-9-16/h11-13,15H,3-10H2,1-2H3. The van der Waals surface area contributed by atoms with Gasteiger partial charge in [0.15, 0.2) is 0 Å². The maximum atomic E-state index is 12.3. The Bertz CT molecular complexity index is 279. The largest absolute Gasteiger partial charge is 0.339 e. The molecule has 104 valence electrons. The summed E-state index contributed by atoms with van der Waals surface area (Å²) in [7, 11) is 0. The van der Waals surface area contributed by atoms with E-state index in [2.05, 4.69) is 19.2 Å². The Morgan fingerprint density at radius 2 is 2.06 bits per heavy atom. The lowest BCUT2D eigenvalue weighted by atomic mass is 9.91. The molecule has 0 aromatic carbocycles. The Morgan fingerprint density at radius 3 is 2.72 bits per heavy atom. The SMILES string of the molecule is CC1CCCC(SC(C)C(=O)N2CCNCC2)C1. The normalized spacial score (nSPS) is 31.1. The van der Waals surface area contributed by atoms with Crippen molar-refractivity contribution in [2.45, 2.75) is 50.0 Å². The first kappa shape index (κ1) is 14.2. The molecule has 1 amide bonds. The molecule has 3 unspecified atom stereocenters. The molecular formula is C14H26N2OS. The van der Waals surface area contributed by atoms with E-state index in [4.69, 9.17) is 0 Å². The molecule has 0 bridgehead atoms. The van der Waals surface area contributed by atoms with Gasteiger partial charge in [0.2, 0.25) is 5.91 Å². The molecule has 4 heteroatoms. The van der Waals surface area contributed by atoms with Gasteiger partial charge in [-0.25, -0.2) is 0 Å². The lowest BCUT2D eigenvalue weighted by molar-refractivity contribution is -0.130. The monoisotopic (exact) mass is 270 g/mol. The van der Waals surface area contributed by atoms with Gasteiger partial charge in [-0.15, -0.1) is 11.8 Å². The zero-order valence-electron chi connectivity index (χ0n) is 11.7. The first-order valence-electron chi connectivity index (χ1n) is 7.32. The van der Waals surface area contributed by atoms with Crippen molar-refractivity contribution in [2.75, 3.05) is 26.2 Å². The fourth-order valence-corrected chi connectivity index (χ4v) is 4.58. The number of amides is 1. The molecule has 3 atom stereocenters. The van der Waals surface area contributed by atoms with E-state index in [-0.39, 0.29) is 5.25 Å². The lowest BCUT2D eigenvalue weighted by Gasteiger charge is -2.32. The molecule has 1 saturated heterocycles. The highest BCUT2D eigenvalue weighted by Gasteiger charge is 2.27. The minimum absolute atomic E-state index is 0.137. The van der Waals surface area contributed by atoms with E-state index < -0.39 is 0 Å². The molecule has 1 aliphatic heterocycles. The third kappa shape index (κ3) is 3.89. The summed E-state index contributed by atoms with van der Waals surface area (Å²) in [5.41, 5.74) is 0. The molecule has 0 aromatic rings. The fourth-order valence-electron chi connectivity index (χ4n) is 2.99. The summed E-state index contributed by atoms with van der Waals surface area (Å²) in [5.74, 6) is 1.19. The van der Waals surface area contributed by atoms with Gasteiger partial charge in [0, 0.05) is 31.4 Å². The summed E-state index contributed by atoms with van der Waals surface area (Å²) in [4.78, 5) is 14.4. The molecule has 2 rings (SSSR count). The van der Waals surface area contributed by atoms with Crippen LogP contribution >= 0.6 is 11.8 Å². The van der Waals surface area contributed by atoms with Crippen LogP contribution in [0.1, 0.15) is 39.5 Å². The molecule has 0 radical (unpaired) electrons. The molecule has 1 aliphatic carbocycles. The van der Waals surface area contributed by atoms with Crippen LogP contribution in [0, 0.1) is 5.92 Å². The molecule has 3 nitrogen and oxygen atoms in total. The Kier molecular flexibility index (Phi) is 5.37. The van der Waals surface area contributed by atoms with Crippen LogP contribution in [-0.4, -0.2) is 47.5 Å². The van der Waals surface area contributed by atoms with Gasteiger partial charge in [-0.2, -0.15) is 0 Å². The van der Waals surface area contributed by atoms with E-state index in [1.54, 1.807) is 0 Å². The number of hydrogen-bond donors (Lipinski definition) is 1. The maximum absolute atomic E-state index is 12.3. The van der Waals surface area contributed by atoms with Crippen molar-refractivity contribution in [3.8, 4) is 0 Å². The molecule has 1 saturated carbocycles. The summed E-state index contributed by atoms with van der Waals surface area (Å²) < 4.78 is 0. The van der Waals surface area contributed by atoms with Crippen molar-refractivity contribution < 1.29 is 4.79 Å². The first-order valence-corrected chi connectivity index (χ1v) is 8.26. The number of nitrogens with zero attached hydrogens (tertiary/aromatic N) is 1. The predicted molar refractivity (Wildman–Crippen MR) is 77.9 cm³/mol. The van der Waals surface area contributed by atoms with E-state index in [1.165, 1.54) is 25.7 Å². The Morgan fingerprint density at radius 1 is 1.33 bits per heavy atom. The zero-order chi connectivity index (χ0) is 13.0. The lowest BCUT2D eigenvalue weighted by Crippen LogP contribution is -2.49. The van der Waals surface area contributed by atoms with E-state index in [0.717, 1.165) is 32.1 Å². The van der Waals surface area contributed by atoms with Gasteiger partial charge in [-0.05, 0) is 25.7 Å². The second-order valence-corrected chi connectivity index (χ2v) is 7.39. The second kappa shape index (κ2) is 6.80. The number of nitrogens with one attached hydrogen (secondary N) is 1.